The number of hydrogen-bond acceptors (Lipinski definition) is 7. The Balaban J connectivity index is 1.57. The first-order valence-corrected chi connectivity index (χ1v) is 10.4. The lowest BCUT2D eigenvalue weighted by Crippen LogP contribution is -2.31. The fourth-order valence-corrected chi connectivity index (χ4v) is 3.63. The van der Waals surface area contributed by atoms with Gasteiger partial charge in [-0.2, -0.15) is 5.10 Å². The molecule has 9 heteroatoms. The van der Waals surface area contributed by atoms with Crippen molar-refractivity contribution in [1.29, 1.82) is 0 Å². The van der Waals surface area contributed by atoms with E-state index in [0.29, 0.717) is 34.8 Å². The van der Waals surface area contributed by atoms with Gasteiger partial charge in [0.1, 0.15) is 17.8 Å². The number of rotatable bonds is 8. The van der Waals surface area contributed by atoms with Crippen molar-refractivity contribution >= 4 is 23.6 Å². The number of nitro benzene ring substituents is 1. The maximum absolute atomic E-state index is 13.1. The number of benzene rings is 3. The molecule has 4 rings (SSSR count). The van der Waals surface area contributed by atoms with Crippen molar-refractivity contribution in [2.45, 2.75) is 12.5 Å². The highest BCUT2D eigenvalue weighted by atomic mass is 16.6. The molecule has 1 aliphatic heterocycles. The highest BCUT2D eigenvalue weighted by molar-refractivity contribution is 6.03. The van der Waals surface area contributed by atoms with Gasteiger partial charge in [-0.3, -0.25) is 19.7 Å². The number of non-ortho nitro benzene ring substituents is 1. The van der Waals surface area contributed by atoms with E-state index in [9.17, 15) is 19.7 Å². The fraction of sp³-hybridized carbons (Fsp3) is 0.160. The van der Waals surface area contributed by atoms with Gasteiger partial charge in [0, 0.05) is 24.1 Å². The van der Waals surface area contributed by atoms with Crippen LogP contribution in [-0.2, 0) is 4.79 Å². The lowest BCUT2D eigenvalue weighted by atomic mass is 9.98. The van der Waals surface area contributed by atoms with E-state index >= 15 is 0 Å². The van der Waals surface area contributed by atoms with Gasteiger partial charge in [0.2, 0.25) is 0 Å². The zero-order valence-corrected chi connectivity index (χ0v) is 18.3. The minimum absolute atomic E-state index is 0.0176. The maximum atomic E-state index is 13.1. The second kappa shape index (κ2) is 9.95. The van der Waals surface area contributed by atoms with E-state index in [1.165, 1.54) is 17.1 Å². The maximum Gasteiger partial charge on any atom is 0.281 e. The Morgan fingerprint density at radius 2 is 1.71 bits per heavy atom. The number of carbonyl (C=O) groups is 2. The minimum Gasteiger partial charge on any atom is -0.497 e. The zero-order valence-electron chi connectivity index (χ0n) is 18.3. The van der Waals surface area contributed by atoms with E-state index < -0.39 is 4.92 Å². The number of ether oxygens (including phenoxy) is 2. The molecule has 0 aliphatic carbocycles. The van der Waals surface area contributed by atoms with Gasteiger partial charge in [-0.25, -0.2) is 5.01 Å². The number of carbonyl (C=O) groups excluding carboxylic acids is 2. The summed E-state index contributed by atoms with van der Waals surface area (Å²) in [4.78, 5) is 34.4. The summed E-state index contributed by atoms with van der Waals surface area (Å²) in [5, 5.41) is 16.9. The summed E-state index contributed by atoms with van der Waals surface area (Å²) in [5.41, 5.74) is 2.69. The van der Waals surface area contributed by atoms with Crippen molar-refractivity contribution in [3.05, 3.63) is 99.6 Å². The summed E-state index contributed by atoms with van der Waals surface area (Å²) < 4.78 is 10.8. The highest BCUT2D eigenvalue weighted by Crippen LogP contribution is 2.34. The minimum atomic E-state index is -0.463. The molecule has 1 unspecified atom stereocenters. The van der Waals surface area contributed by atoms with Gasteiger partial charge in [0.05, 0.1) is 23.8 Å². The molecule has 0 saturated carbocycles. The highest BCUT2D eigenvalue weighted by Gasteiger charge is 2.33. The monoisotopic (exact) mass is 459 g/mol. The number of amides is 1. The molecule has 3 aromatic rings. The van der Waals surface area contributed by atoms with Gasteiger partial charge >= 0.3 is 0 Å². The molecule has 1 aliphatic rings. The normalized spacial score (nSPS) is 14.9. The number of hydrazone groups is 1. The number of nitrogens with zero attached hydrogens (tertiary/aromatic N) is 3. The Morgan fingerprint density at radius 1 is 1.06 bits per heavy atom. The second-order valence-corrected chi connectivity index (χ2v) is 7.56. The van der Waals surface area contributed by atoms with E-state index in [1.54, 1.807) is 43.5 Å². The Hall–Kier alpha value is -4.53. The fourth-order valence-electron chi connectivity index (χ4n) is 3.63. The van der Waals surface area contributed by atoms with Crippen LogP contribution in [0.15, 0.2) is 77.9 Å². The lowest BCUT2D eigenvalue weighted by Gasteiger charge is -2.22. The van der Waals surface area contributed by atoms with Crippen molar-refractivity contribution in [3.63, 3.8) is 0 Å². The van der Waals surface area contributed by atoms with Crippen LogP contribution in [0, 0.1) is 10.1 Å². The molecule has 0 saturated heterocycles. The van der Waals surface area contributed by atoms with Gasteiger partial charge < -0.3 is 9.47 Å². The topological polar surface area (TPSA) is 111 Å². The van der Waals surface area contributed by atoms with Crippen LogP contribution in [0.3, 0.4) is 0 Å². The van der Waals surface area contributed by atoms with Crippen LogP contribution in [0.2, 0.25) is 0 Å². The van der Waals surface area contributed by atoms with Crippen molar-refractivity contribution in [2.24, 2.45) is 5.10 Å². The number of methoxy groups -OCH3 is 1. The second-order valence-electron chi connectivity index (χ2n) is 7.56. The smallest absolute Gasteiger partial charge is 0.281 e. The number of aldehydes is 1. The molecule has 3 aromatic carbocycles. The lowest BCUT2D eigenvalue weighted by molar-refractivity contribution is -0.384. The third kappa shape index (κ3) is 4.93. The summed E-state index contributed by atoms with van der Waals surface area (Å²) in [6.45, 7) is -0.246. The third-order valence-electron chi connectivity index (χ3n) is 5.46. The Morgan fingerprint density at radius 3 is 2.29 bits per heavy atom. The summed E-state index contributed by atoms with van der Waals surface area (Å²) in [6, 6.07) is 19.5. The van der Waals surface area contributed by atoms with E-state index in [2.05, 4.69) is 5.10 Å². The van der Waals surface area contributed by atoms with Crippen LogP contribution in [-0.4, -0.2) is 41.6 Å². The Labute approximate surface area is 195 Å². The molecule has 0 aromatic heterocycles. The standard InChI is InChI=1S/C25H21N3O6/c1-33-21-12-6-19(7-13-21)24-14-23(18-4-8-20(9-5-18)28(31)32)26-27(24)25(30)16-34-22-10-2-17(15-29)3-11-22/h2-13,15,24H,14,16H2,1H3. The molecule has 0 spiro atoms. The van der Waals surface area contributed by atoms with E-state index in [-0.39, 0.29) is 24.2 Å². The number of nitro groups is 1. The molecule has 9 nitrogen and oxygen atoms in total. The molecule has 0 N–H and O–H groups in total. The van der Waals surface area contributed by atoms with Crippen LogP contribution >= 0.6 is 0 Å². The summed E-state index contributed by atoms with van der Waals surface area (Å²) in [6.07, 6.45) is 1.16. The predicted molar refractivity (Wildman–Crippen MR) is 124 cm³/mol. The molecule has 0 bridgehead atoms. The molecular formula is C25H21N3O6. The first-order chi connectivity index (χ1) is 16.5. The van der Waals surface area contributed by atoms with E-state index in [4.69, 9.17) is 9.47 Å². The third-order valence-corrected chi connectivity index (χ3v) is 5.46. The van der Waals surface area contributed by atoms with Crippen LogP contribution in [0.5, 0.6) is 11.5 Å². The number of hydrogen-bond donors (Lipinski definition) is 0. The van der Waals surface area contributed by atoms with Gasteiger partial charge in [0.25, 0.3) is 11.6 Å². The average molecular weight is 459 g/mol. The Kier molecular flexibility index (Phi) is 6.63. The molecule has 1 atom stereocenters. The molecular weight excluding hydrogens is 438 g/mol. The molecule has 172 valence electrons. The molecule has 1 heterocycles. The van der Waals surface area contributed by atoms with Gasteiger partial charge in [-0.1, -0.05) is 12.1 Å². The van der Waals surface area contributed by atoms with E-state index in [1.807, 2.05) is 24.3 Å². The largest absolute Gasteiger partial charge is 0.497 e. The molecule has 0 fully saturated rings. The van der Waals surface area contributed by atoms with Gasteiger partial charge in [0.15, 0.2) is 6.61 Å². The SMILES string of the molecule is COc1ccc(C2CC(c3ccc([N+](=O)[O-])cc3)=NN2C(=O)COc2ccc(C=O)cc2)cc1. The van der Waals surface area contributed by atoms with Crippen LogP contribution in [0.1, 0.15) is 33.9 Å². The predicted octanol–water partition coefficient (Wildman–Crippen LogP) is 4.17. The van der Waals surface area contributed by atoms with Crippen molar-refractivity contribution in [2.75, 3.05) is 13.7 Å². The van der Waals surface area contributed by atoms with Crippen molar-refractivity contribution in [1.82, 2.24) is 5.01 Å². The average Bonchev–Trinajstić information content (AvgIpc) is 3.33. The van der Waals surface area contributed by atoms with Crippen molar-refractivity contribution in [3.8, 4) is 11.5 Å². The first kappa shape index (κ1) is 22.7. The van der Waals surface area contributed by atoms with Crippen LogP contribution in [0.4, 0.5) is 5.69 Å². The summed E-state index contributed by atoms with van der Waals surface area (Å²) in [5.74, 6) is 0.800. The van der Waals surface area contributed by atoms with E-state index in [0.717, 1.165) is 11.8 Å². The van der Waals surface area contributed by atoms with Crippen LogP contribution < -0.4 is 9.47 Å². The molecule has 34 heavy (non-hydrogen) atoms. The van der Waals surface area contributed by atoms with Gasteiger partial charge in [-0.05, 0) is 59.7 Å². The molecule has 0 radical (unpaired) electrons. The summed E-state index contributed by atoms with van der Waals surface area (Å²) in [7, 11) is 1.58. The zero-order chi connectivity index (χ0) is 24.1. The quantitative estimate of drug-likeness (QED) is 0.284. The molecule has 1 amide bonds. The first-order valence-electron chi connectivity index (χ1n) is 10.4. The van der Waals surface area contributed by atoms with Gasteiger partial charge in [-0.15, -0.1) is 0 Å². The van der Waals surface area contributed by atoms with Crippen molar-refractivity contribution < 1.29 is 24.0 Å². The Bertz CT molecular complexity index is 1220. The van der Waals surface area contributed by atoms with Crippen LogP contribution in [0.25, 0.3) is 0 Å². The summed E-state index contributed by atoms with van der Waals surface area (Å²) >= 11 is 0.